The van der Waals surface area contributed by atoms with Gasteiger partial charge in [-0.25, -0.2) is 0 Å². The van der Waals surface area contributed by atoms with E-state index in [9.17, 15) is 5.11 Å². The van der Waals surface area contributed by atoms with Gasteiger partial charge in [-0.2, -0.15) is 0 Å². The first-order valence-corrected chi connectivity index (χ1v) is 7.85. The Labute approximate surface area is 113 Å². The van der Waals surface area contributed by atoms with Crippen LogP contribution in [0.15, 0.2) is 0 Å². The Kier molecular flexibility index (Phi) is 8.64. The van der Waals surface area contributed by atoms with Crippen LogP contribution >= 0.6 is 0 Å². The zero-order valence-electron chi connectivity index (χ0n) is 12.4. The van der Waals surface area contributed by atoms with Crippen LogP contribution in [0.25, 0.3) is 0 Å². The van der Waals surface area contributed by atoms with Gasteiger partial charge in [-0.1, -0.05) is 26.7 Å². The quantitative estimate of drug-likeness (QED) is 0.641. The Balaban J connectivity index is 2.01. The van der Waals surface area contributed by atoms with E-state index in [4.69, 9.17) is 0 Å². The van der Waals surface area contributed by atoms with E-state index in [0.29, 0.717) is 12.5 Å². The van der Waals surface area contributed by atoms with E-state index in [0.717, 1.165) is 0 Å². The normalized spacial score (nSPS) is 20.2. The number of piperazine rings is 1. The molecule has 1 N–H and O–H groups in total. The van der Waals surface area contributed by atoms with Crippen molar-refractivity contribution < 1.29 is 5.11 Å². The molecule has 1 fully saturated rings. The van der Waals surface area contributed by atoms with Crippen molar-refractivity contribution in [3.8, 4) is 0 Å². The van der Waals surface area contributed by atoms with E-state index in [1.54, 1.807) is 0 Å². The summed E-state index contributed by atoms with van der Waals surface area (Å²) in [6.45, 7) is 12.2. The lowest BCUT2D eigenvalue weighted by Gasteiger charge is -2.34. The molecule has 108 valence electrons. The van der Waals surface area contributed by atoms with Crippen LogP contribution in [-0.2, 0) is 0 Å². The first-order valence-electron chi connectivity index (χ1n) is 7.85. The Bertz CT molecular complexity index is 191. The SMILES string of the molecule is CCC[C@@H](CO)CCCCN1CCN(CC)CC1. The fraction of sp³-hybridized carbons (Fsp3) is 1.00. The highest BCUT2D eigenvalue weighted by molar-refractivity contribution is 4.70. The third-order valence-corrected chi connectivity index (χ3v) is 4.20. The molecular weight excluding hydrogens is 224 g/mol. The number of rotatable bonds is 9. The minimum atomic E-state index is 0.378. The third kappa shape index (κ3) is 6.17. The first-order chi connectivity index (χ1) is 8.80. The van der Waals surface area contributed by atoms with E-state index in [-0.39, 0.29) is 0 Å². The summed E-state index contributed by atoms with van der Waals surface area (Å²) in [5.41, 5.74) is 0. The number of aliphatic hydroxyl groups excluding tert-OH is 1. The minimum Gasteiger partial charge on any atom is -0.396 e. The molecule has 0 spiro atoms. The monoisotopic (exact) mass is 256 g/mol. The van der Waals surface area contributed by atoms with Gasteiger partial charge in [0.25, 0.3) is 0 Å². The van der Waals surface area contributed by atoms with Crippen LogP contribution in [0.3, 0.4) is 0 Å². The van der Waals surface area contributed by atoms with Crippen LogP contribution in [0.2, 0.25) is 0 Å². The summed E-state index contributed by atoms with van der Waals surface area (Å²) in [6.07, 6.45) is 6.17. The van der Waals surface area contributed by atoms with Crippen molar-refractivity contribution in [2.24, 2.45) is 5.92 Å². The Morgan fingerprint density at radius 1 is 0.944 bits per heavy atom. The number of hydrogen-bond acceptors (Lipinski definition) is 3. The van der Waals surface area contributed by atoms with Crippen LogP contribution in [0.4, 0.5) is 0 Å². The van der Waals surface area contributed by atoms with Crippen molar-refractivity contribution in [3.63, 3.8) is 0 Å². The van der Waals surface area contributed by atoms with Crippen LogP contribution in [-0.4, -0.2) is 60.8 Å². The van der Waals surface area contributed by atoms with Gasteiger partial charge >= 0.3 is 0 Å². The zero-order chi connectivity index (χ0) is 13.2. The van der Waals surface area contributed by atoms with Gasteiger partial charge in [0.05, 0.1) is 0 Å². The lowest BCUT2D eigenvalue weighted by Crippen LogP contribution is -2.46. The van der Waals surface area contributed by atoms with Gasteiger partial charge in [0.2, 0.25) is 0 Å². The summed E-state index contributed by atoms with van der Waals surface area (Å²) in [7, 11) is 0. The summed E-state index contributed by atoms with van der Waals surface area (Å²) < 4.78 is 0. The average molecular weight is 256 g/mol. The second-order valence-electron chi connectivity index (χ2n) is 5.61. The molecule has 0 aromatic carbocycles. The highest BCUT2D eigenvalue weighted by atomic mass is 16.3. The van der Waals surface area contributed by atoms with Crippen molar-refractivity contribution in [2.45, 2.75) is 46.0 Å². The fourth-order valence-electron chi connectivity index (χ4n) is 2.83. The molecule has 0 saturated carbocycles. The van der Waals surface area contributed by atoms with Crippen LogP contribution in [0, 0.1) is 5.92 Å². The molecule has 1 atom stereocenters. The predicted octanol–water partition coefficient (Wildman–Crippen LogP) is 2.20. The number of nitrogens with zero attached hydrogens (tertiary/aromatic N) is 2. The molecule has 0 aromatic rings. The molecule has 0 amide bonds. The van der Waals surface area contributed by atoms with Gasteiger partial charge in [-0.15, -0.1) is 0 Å². The molecule has 1 aliphatic heterocycles. The van der Waals surface area contributed by atoms with Crippen molar-refractivity contribution in [2.75, 3.05) is 45.9 Å². The van der Waals surface area contributed by atoms with Gasteiger partial charge in [0.15, 0.2) is 0 Å². The number of aliphatic hydroxyl groups is 1. The van der Waals surface area contributed by atoms with E-state index in [1.807, 2.05) is 0 Å². The van der Waals surface area contributed by atoms with Crippen molar-refractivity contribution in [1.82, 2.24) is 9.80 Å². The second kappa shape index (κ2) is 9.76. The molecule has 0 radical (unpaired) electrons. The van der Waals surface area contributed by atoms with E-state index < -0.39 is 0 Å². The Morgan fingerprint density at radius 3 is 2.17 bits per heavy atom. The fourth-order valence-corrected chi connectivity index (χ4v) is 2.83. The summed E-state index contributed by atoms with van der Waals surface area (Å²) in [6, 6.07) is 0. The molecule has 0 aromatic heterocycles. The van der Waals surface area contributed by atoms with Gasteiger partial charge in [-0.3, -0.25) is 0 Å². The third-order valence-electron chi connectivity index (χ3n) is 4.20. The molecule has 0 unspecified atom stereocenters. The van der Waals surface area contributed by atoms with Gasteiger partial charge in [0.1, 0.15) is 0 Å². The standard InChI is InChI=1S/C15H32N2O/c1-3-7-15(14-18)8-5-6-9-17-12-10-16(4-2)11-13-17/h15,18H,3-14H2,1-2H3/t15-/m1/s1. The molecule has 1 rings (SSSR count). The molecule has 1 heterocycles. The Morgan fingerprint density at radius 2 is 1.61 bits per heavy atom. The molecule has 3 nitrogen and oxygen atoms in total. The van der Waals surface area contributed by atoms with E-state index in [2.05, 4.69) is 23.6 Å². The van der Waals surface area contributed by atoms with Crippen LogP contribution < -0.4 is 0 Å². The molecule has 18 heavy (non-hydrogen) atoms. The molecule has 1 aliphatic rings. The largest absolute Gasteiger partial charge is 0.396 e. The summed E-state index contributed by atoms with van der Waals surface area (Å²) >= 11 is 0. The number of unbranched alkanes of at least 4 members (excludes halogenated alkanes) is 1. The molecule has 0 bridgehead atoms. The van der Waals surface area contributed by atoms with Gasteiger partial charge in [0, 0.05) is 32.8 Å². The van der Waals surface area contributed by atoms with Gasteiger partial charge < -0.3 is 14.9 Å². The Hall–Kier alpha value is -0.120. The summed E-state index contributed by atoms with van der Waals surface area (Å²) in [5, 5.41) is 9.25. The lowest BCUT2D eigenvalue weighted by molar-refractivity contribution is 0.134. The summed E-state index contributed by atoms with van der Waals surface area (Å²) in [4.78, 5) is 5.12. The molecule has 0 aliphatic carbocycles. The minimum absolute atomic E-state index is 0.378. The first kappa shape index (κ1) is 15.9. The van der Waals surface area contributed by atoms with Crippen molar-refractivity contribution in [1.29, 1.82) is 0 Å². The molecule has 3 heteroatoms. The average Bonchev–Trinajstić information content (AvgIpc) is 2.43. The highest BCUT2D eigenvalue weighted by Crippen LogP contribution is 2.14. The smallest absolute Gasteiger partial charge is 0.0459 e. The number of hydrogen-bond donors (Lipinski definition) is 1. The van der Waals surface area contributed by atoms with E-state index >= 15 is 0 Å². The number of likely N-dealkylation sites (N-methyl/N-ethyl adjacent to an activating group) is 1. The molecular formula is C15H32N2O. The topological polar surface area (TPSA) is 26.7 Å². The maximum Gasteiger partial charge on any atom is 0.0459 e. The lowest BCUT2D eigenvalue weighted by atomic mass is 9.98. The maximum absolute atomic E-state index is 9.25. The second-order valence-corrected chi connectivity index (χ2v) is 5.61. The van der Waals surface area contributed by atoms with Crippen LogP contribution in [0.1, 0.15) is 46.0 Å². The predicted molar refractivity (Wildman–Crippen MR) is 77.9 cm³/mol. The van der Waals surface area contributed by atoms with Crippen molar-refractivity contribution in [3.05, 3.63) is 0 Å². The van der Waals surface area contributed by atoms with Gasteiger partial charge in [-0.05, 0) is 38.3 Å². The maximum atomic E-state index is 9.25. The molecule has 1 saturated heterocycles. The highest BCUT2D eigenvalue weighted by Gasteiger charge is 2.14. The van der Waals surface area contributed by atoms with Crippen molar-refractivity contribution >= 4 is 0 Å². The van der Waals surface area contributed by atoms with E-state index in [1.165, 1.54) is 71.4 Å². The van der Waals surface area contributed by atoms with Crippen LogP contribution in [0.5, 0.6) is 0 Å². The summed E-state index contributed by atoms with van der Waals surface area (Å²) in [5.74, 6) is 0.548. The zero-order valence-corrected chi connectivity index (χ0v) is 12.4.